The van der Waals surface area contributed by atoms with E-state index in [0.29, 0.717) is 6.54 Å². The summed E-state index contributed by atoms with van der Waals surface area (Å²) in [6, 6.07) is 0. The van der Waals surface area contributed by atoms with Crippen LogP contribution in [-0.2, 0) is 0 Å². The lowest BCUT2D eigenvalue weighted by atomic mass is 10.3. The molecule has 0 aromatic heterocycles. The van der Waals surface area contributed by atoms with Gasteiger partial charge in [0.25, 0.3) is 0 Å². The highest BCUT2D eigenvalue weighted by atomic mass is 35.5. The van der Waals surface area contributed by atoms with Crippen molar-refractivity contribution in [1.82, 2.24) is 0 Å². The molecule has 0 aliphatic carbocycles. The van der Waals surface area contributed by atoms with Crippen molar-refractivity contribution in [3.63, 3.8) is 0 Å². The van der Waals surface area contributed by atoms with Crippen LogP contribution in [0.2, 0.25) is 0 Å². The molecule has 0 aliphatic heterocycles. The van der Waals surface area contributed by atoms with E-state index in [1.54, 1.807) is 6.08 Å². The number of hydrogen-bond donors (Lipinski definition) is 1. The fourth-order valence-electron chi connectivity index (χ4n) is 0. The first kappa shape index (κ1) is 16.4. The predicted molar refractivity (Wildman–Crippen MR) is 51.6 cm³/mol. The van der Waals surface area contributed by atoms with Crippen molar-refractivity contribution >= 4 is 12.4 Å². The lowest BCUT2D eigenvalue weighted by Gasteiger charge is -1.74. The quantitative estimate of drug-likeness (QED) is 0.591. The van der Waals surface area contributed by atoms with Crippen LogP contribution in [0.3, 0.4) is 0 Å². The predicted octanol–water partition coefficient (Wildman–Crippen LogP) is 2.53. The lowest BCUT2D eigenvalue weighted by molar-refractivity contribution is 1.26. The van der Waals surface area contributed by atoms with Gasteiger partial charge in [0.1, 0.15) is 0 Å². The molecule has 0 aromatic carbocycles. The molecule has 2 heteroatoms. The number of halogens is 1. The second-order valence-electron chi connectivity index (χ2n) is 1.89. The van der Waals surface area contributed by atoms with E-state index in [1.165, 1.54) is 5.57 Å². The number of allylic oxidation sites excluding steroid dienone is 2. The molecule has 2 N–H and O–H groups in total. The summed E-state index contributed by atoms with van der Waals surface area (Å²) in [6.07, 6.45) is 3.74. The van der Waals surface area contributed by atoms with Crippen LogP contribution in [0.25, 0.3) is 0 Å². The molecular weight excluding hydrogens is 146 g/mol. The maximum atomic E-state index is 4.91. The van der Waals surface area contributed by atoms with Gasteiger partial charge in [-0.05, 0) is 20.8 Å². The molecule has 0 aliphatic rings. The van der Waals surface area contributed by atoms with Gasteiger partial charge in [-0.3, -0.25) is 0 Å². The third kappa shape index (κ3) is 47.0. The van der Waals surface area contributed by atoms with Crippen molar-refractivity contribution in [2.45, 2.75) is 20.8 Å². The number of hydrogen-bond acceptors (Lipinski definition) is 1. The summed E-state index contributed by atoms with van der Waals surface area (Å²) in [7, 11) is 0. The molecule has 0 spiro atoms. The summed E-state index contributed by atoms with van der Waals surface area (Å²) in [5, 5.41) is 0. The Bertz CT molecular complexity index is 83.3. The standard InChI is InChI=1S/C5H10.C3H7N.ClH/c1-4-5(2)3;1-2-3-4;/h4H,1-3H3;2H,1,3-4H2;1H. The van der Waals surface area contributed by atoms with Gasteiger partial charge >= 0.3 is 0 Å². The molecule has 0 bridgehead atoms. The topological polar surface area (TPSA) is 26.0 Å². The lowest BCUT2D eigenvalue weighted by Crippen LogP contribution is -1.90. The highest BCUT2D eigenvalue weighted by Crippen LogP contribution is 1.82. The number of rotatable bonds is 1. The van der Waals surface area contributed by atoms with E-state index < -0.39 is 0 Å². The van der Waals surface area contributed by atoms with Gasteiger partial charge in [-0.1, -0.05) is 17.7 Å². The molecule has 0 rings (SSSR count). The van der Waals surface area contributed by atoms with Gasteiger partial charge in [-0.25, -0.2) is 0 Å². The average Bonchev–Trinajstić information content (AvgIpc) is 1.89. The summed E-state index contributed by atoms with van der Waals surface area (Å²) in [4.78, 5) is 0. The first-order chi connectivity index (χ1) is 4.18. The SMILES string of the molecule is C=CCN.CC=C(C)C.Cl. The van der Waals surface area contributed by atoms with Crippen LogP contribution in [-0.4, -0.2) is 6.54 Å². The first-order valence-electron chi connectivity index (χ1n) is 3.09. The number of nitrogens with two attached hydrogens (primary N) is 1. The summed E-state index contributed by atoms with van der Waals surface area (Å²) in [5.41, 5.74) is 6.29. The zero-order valence-corrected chi connectivity index (χ0v) is 7.87. The minimum Gasteiger partial charge on any atom is -0.327 e. The third-order valence-corrected chi connectivity index (χ3v) is 0.744. The Balaban J connectivity index is -0.0000000910. The monoisotopic (exact) mass is 163 g/mol. The molecule has 0 unspecified atom stereocenters. The maximum absolute atomic E-state index is 4.91. The van der Waals surface area contributed by atoms with E-state index in [2.05, 4.69) is 26.5 Å². The minimum absolute atomic E-state index is 0. The second kappa shape index (κ2) is 15.9. The summed E-state index contributed by atoms with van der Waals surface area (Å²) < 4.78 is 0. The van der Waals surface area contributed by atoms with Crippen molar-refractivity contribution < 1.29 is 0 Å². The molecular formula is C8H18ClN. The van der Waals surface area contributed by atoms with Gasteiger partial charge in [-0.15, -0.1) is 19.0 Å². The van der Waals surface area contributed by atoms with Crippen molar-refractivity contribution in [1.29, 1.82) is 0 Å². The fourth-order valence-corrected chi connectivity index (χ4v) is 0. The van der Waals surface area contributed by atoms with E-state index in [9.17, 15) is 0 Å². The van der Waals surface area contributed by atoms with Gasteiger partial charge in [0.05, 0.1) is 0 Å². The van der Waals surface area contributed by atoms with E-state index in [-0.39, 0.29) is 12.4 Å². The van der Waals surface area contributed by atoms with Gasteiger partial charge in [0.2, 0.25) is 0 Å². The molecule has 0 atom stereocenters. The first-order valence-corrected chi connectivity index (χ1v) is 3.09. The second-order valence-corrected chi connectivity index (χ2v) is 1.89. The summed E-state index contributed by atoms with van der Waals surface area (Å²) >= 11 is 0. The largest absolute Gasteiger partial charge is 0.327 e. The Morgan fingerprint density at radius 2 is 1.70 bits per heavy atom. The molecule has 0 amide bonds. The Morgan fingerprint density at radius 1 is 1.50 bits per heavy atom. The average molecular weight is 164 g/mol. The minimum atomic E-state index is 0. The molecule has 62 valence electrons. The van der Waals surface area contributed by atoms with Crippen molar-refractivity contribution in [2.24, 2.45) is 5.73 Å². The van der Waals surface area contributed by atoms with Crippen LogP contribution in [0.15, 0.2) is 24.3 Å². The molecule has 1 nitrogen and oxygen atoms in total. The molecule has 10 heavy (non-hydrogen) atoms. The summed E-state index contributed by atoms with van der Waals surface area (Å²) in [5.74, 6) is 0. The van der Waals surface area contributed by atoms with E-state index >= 15 is 0 Å². The molecule has 0 radical (unpaired) electrons. The van der Waals surface area contributed by atoms with Crippen molar-refractivity contribution in [3.8, 4) is 0 Å². The Hall–Kier alpha value is -0.270. The Labute approximate surface area is 70.4 Å². The molecule has 0 saturated carbocycles. The van der Waals surface area contributed by atoms with Crippen LogP contribution in [0.4, 0.5) is 0 Å². The van der Waals surface area contributed by atoms with Gasteiger partial charge in [0, 0.05) is 6.54 Å². The van der Waals surface area contributed by atoms with E-state index in [1.807, 2.05) is 6.92 Å². The Kier molecular flexibility index (Phi) is 26.0. The zero-order chi connectivity index (χ0) is 7.70. The third-order valence-electron chi connectivity index (χ3n) is 0.744. The van der Waals surface area contributed by atoms with Gasteiger partial charge < -0.3 is 5.73 Å². The fraction of sp³-hybridized carbons (Fsp3) is 0.500. The molecule has 0 saturated heterocycles. The van der Waals surface area contributed by atoms with Crippen LogP contribution in [0, 0.1) is 0 Å². The normalized spacial score (nSPS) is 6.00. The Morgan fingerprint density at radius 3 is 1.70 bits per heavy atom. The van der Waals surface area contributed by atoms with Crippen LogP contribution < -0.4 is 5.73 Å². The highest BCUT2D eigenvalue weighted by molar-refractivity contribution is 5.85. The zero-order valence-electron chi connectivity index (χ0n) is 7.05. The summed E-state index contributed by atoms with van der Waals surface area (Å²) in [6.45, 7) is 10.1. The molecule has 0 aromatic rings. The van der Waals surface area contributed by atoms with E-state index in [4.69, 9.17) is 5.73 Å². The van der Waals surface area contributed by atoms with Gasteiger partial charge in [-0.2, -0.15) is 0 Å². The maximum Gasteiger partial charge on any atom is 0.0104 e. The highest BCUT2D eigenvalue weighted by Gasteiger charge is 1.60. The smallest absolute Gasteiger partial charge is 0.0104 e. The van der Waals surface area contributed by atoms with Crippen LogP contribution >= 0.6 is 12.4 Å². The van der Waals surface area contributed by atoms with Crippen LogP contribution in [0.5, 0.6) is 0 Å². The van der Waals surface area contributed by atoms with Gasteiger partial charge in [0.15, 0.2) is 0 Å². The van der Waals surface area contributed by atoms with Crippen LogP contribution in [0.1, 0.15) is 20.8 Å². The van der Waals surface area contributed by atoms with E-state index in [0.717, 1.165) is 0 Å². The molecule has 0 heterocycles. The molecule has 0 fully saturated rings. The van der Waals surface area contributed by atoms with Crippen molar-refractivity contribution in [3.05, 3.63) is 24.3 Å². The van der Waals surface area contributed by atoms with Crippen molar-refractivity contribution in [2.75, 3.05) is 6.54 Å².